The van der Waals surface area contributed by atoms with Crippen LogP contribution in [0.2, 0.25) is 0 Å². The van der Waals surface area contributed by atoms with Gasteiger partial charge >= 0.3 is 0 Å². The maximum Gasteiger partial charge on any atom is 0.194 e. The van der Waals surface area contributed by atoms with Crippen molar-refractivity contribution in [3.8, 4) is 11.5 Å². The highest BCUT2D eigenvalue weighted by molar-refractivity contribution is 5.80. The number of β-amino-alcohol motifs (C(OH)–C–C–N with tert-alkyl or cyclic N) is 1. The average Bonchev–Trinajstić information content (AvgIpc) is 3.06. The topological polar surface area (TPSA) is 57.1 Å². The van der Waals surface area contributed by atoms with Gasteiger partial charge in [0, 0.05) is 19.6 Å². The smallest absolute Gasteiger partial charge is 0.194 e. The Morgan fingerprint density at radius 2 is 2.00 bits per heavy atom. The van der Waals surface area contributed by atoms with Crippen LogP contribution in [0.1, 0.15) is 18.9 Å². The highest BCUT2D eigenvalue weighted by Gasteiger charge is 2.22. The van der Waals surface area contributed by atoms with Gasteiger partial charge in [-0.05, 0) is 43.2 Å². The maximum absolute atomic E-state index is 9.74. The van der Waals surface area contributed by atoms with Crippen LogP contribution in [0.4, 0.5) is 0 Å². The molecule has 0 amide bonds. The normalized spacial score (nSPS) is 17.6. The van der Waals surface area contributed by atoms with Crippen molar-refractivity contribution in [3.05, 3.63) is 60.2 Å². The summed E-state index contributed by atoms with van der Waals surface area (Å²) < 4.78 is 5.88. The van der Waals surface area contributed by atoms with E-state index in [1.807, 2.05) is 54.6 Å². The number of guanidine groups is 1. The second-order valence-corrected chi connectivity index (χ2v) is 6.12. The van der Waals surface area contributed by atoms with E-state index in [0.29, 0.717) is 13.1 Å². The number of para-hydroxylation sites is 1. The van der Waals surface area contributed by atoms with Gasteiger partial charge in [-0.1, -0.05) is 30.3 Å². The van der Waals surface area contributed by atoms with Crippen LogP contribution in [0.15, 0.2) is 59.6 Å². The molecule has 0 radical (unpaired) electrons. The molecule has 0 unspecified atom stereocenters. The molecular formula is C20H25N3O2. The minimum atomic E-state index is -0.258. The Morgan fingerprint density at radius 3 is 2.72 bits per heavy atom. The molecule has 0 aliphatic carbocycles. The first kappa shape index (κ1) is 17.3. The fourth-order valence-corrected chi connectivity index (χ4v) is 2.86. The predicted octanol–water partition coefficient (Wildman–Crippen LogP) is 3.01. The molecule has 1 saturated heterocycles. The van der Waals surface area contributed by atoms with Crippen LogP contribution in [0.3, 0.4) is 0 Å². The Labute approximate surface area is 149 Å². The lowest BCUT2D eigenvalue weighted by molar-refractivity contribution is 0.188. The van der Waals surface area contributed by atoms with Crippen molar-refractivity contribution in [2.24, 2.45) is 4.99 Å². The number of benzene rings is 2. The van der Waals surface area contributed by atoms with Gasteiger partial charge in [0.15, 0.2) is 5.96 Å². The Kier molecular flexibility index (Phi) is 5.90. The van der Waals surface area contributed by atoms with Crippen molar-refractivity contribution in [3.63, 3.8) is 0 Å². The van der Waals surface area contributed by atoms with E-state index in [1.54, 1.807) is 0 Å². The lowest BCUT2D eigenvalue weighted by atomic mass is 10.2. The molecule has 0 saturated carbocycles. The SMILES string of the molecule is CCNC(=NCc1cccc(Oc2ccccc2)c1)N1CC[C@@H](O)C1. The number of aliphatic hydroxyl groups excluding tert-OH is 1. The van der Waals surface area contributed by atoms with Crippen molar-refractivity contribution in [2.45, 2.75) is 26.0 Å². The number of rotatable bonds is 5. The van der Waals surface area contributed by atoms with Crippen molar-refractivity contribution >= 4 is 5.96 Å². The van der Waals surface area contributed by atoms with Crippen LogP contribution in [-0.4, -0.2) is 41.7 Å². The molecular weight excluding hydrogens is 314 g/mol. The number of nitrogens with one attached hydrogen (secondary N) is 1. The maximum atomic E-state index is 9.74. The van der Waals surface area contributed by atoms with Crippen LogP contribution in [0, 0.1) is 0 Å². The summed E-state index contributed by atoms with van der Waals surface area (Å²) in [5.41, 5.74) is 1.09. The van der Waals surface area contributed by atoms with Crippen LogP contribution < -0.4 is 10.1 Å². The van der Waals surface area contributed by atoms with E-state index < -0.39 is 0 Å². The summed E-state index contributed by atoms with van der Waals surface area (Å²) in [5.74, 6) is 2.48. The molecule has 2 aromatic rings. The summed E-state index contributed by atoms with van der Waals surface area (Å²) >= 11 is 0. The molecule has 1 aliphatic heterocycles. The summed E-state index contributed by atoms with van der Waals surface area (Å²) in [6, 6.07) is 17.7. The fourth-order valence-electron chi connectivity index (χ4n) is 2.86. The minimum absolute atomic E-state index is 0.258. The number of aliphatic imine (C=N–C) groups is 1. The number of ether oxygens (including phenoxy) is 1. The summed E-state index contributed by atoms with van der Waals surface area (Å²) in [7, 11) is 0. The van der Waals surface area contributed by atoms with Crippen molar-refractivity contribution in [2.75, 3.05) is 19.6 Å². The zero-order chi connectivity index (χ0) is 17.5. The van der Waals surface area contributed by atoms with E-state index >= 15 is 0 Å². The second-order valence-electron chi connectivity index (χ2n) is 6.12. The van der Waals surface area contributed by atoms with Crippen molar-refractivity contribution in [1.29, 1.82) is 0 Å². The summed E-state index contributed by atoms with van der Waals surface area (Å²) in [6.45, 7) is 4.91. The Balaban J connectivity index is 1.67. The molecule has 132 valence electrons. The quantitative estimate of drug-likeness (QED) is 0.649. The molecule has 1 fully saturated rings. The number of hydrogen-bond donors (Lipinski definition) is 2. The van der Waals surface area contributed by atoms with Crippen LogP contribution in [0.25, 0.3) is 0 Å². The third kappa shape index (κ3) is 4.97. The molecule has 25 heavy (non-hydrogen) atoms. The summed E-state index contributed by atoms with van der Waals surface area (Å²) in [6.07, 6.45) is 0.539. The monoisotopic (exact) mass is 339 g/mol. The van der Waals surface area contributed by atoms with Gasteiger partial charge in [0.2, 0.25) is 0 Å². The second kappa shape index (κ2) is 8.53. The van der Waals surface area contributed by atoms with Gasteiger partial charge in [0.05, 0.1) is 12.6 Å². The van der Waals surface area contributed by atoms with Gasteiger partial charge in [-0.15, -0.1) is 0 Å². The first-order chi connectivity index (χ1) is 12.2. The Morgan fingerprint density at radius 1 is 1.20 bits per heavy atom. The Hall–Kier alpha value is -2.53. The number of likely N-dealkylation sites (tertiary alicyclic amines) is 1. The number of nitrogens with zero attached hydrogens (tertiary/aromatic N) is 2. The van der Waals surface area contributed by atoms with E-state index in [-0.39, 0.29) is 6.10 Å². The number of aliphatic hydroxyl groups is 1. The molecule has 3 rings (SSSR count). The molecule has 0 bridgehead atoms. The Bertz CT molecular complexity index is 703. The highest BCUT2D eigenvalue weighted by Crippen LogP contribution is 2.22. The highest BCUT2D eigenvalue weighted by atomic mass is 16.5. The largest absolute Gasteiger partial charge is 0.457 e. The van der Waals surface area contributed by atoms with Gasteiger partial charge in [-0.3, -0.25) is 0 Å². The molecule has 1 heterocycles. The zero-order valence-electron chi connectivity index (χ0n) is 14.6. The molecule has 5 nitrogen and oxygen atoms in total. The first-order valence-electron chi connectivity index (χ1n) is 8.78. The minimum Gasteiger partial charge on any atom is -0.457 e. The van der Waals surface area contributed by atoms with Gasteiger partial charge < -0.3 is 20.1 Å². The molecule has 1 atom stereocenters. The van der Waals surface area contributed by atoms with Crippen molar-refractivity contribution in [1.82, 2.24) is 10.2 Å². The third-order valence-electron chi connectivity index (χ3n) is 4.09. The molecule has 5 heteroatoms. The molecule has 0 aromatic heterocycles. The fraction of sp³-hybridized carbons (Fsp3) is 0.350. The summed E-state index contributed by atoms with van der Waals surface area (Å²) in [5, 5.41) is 13.0. The van der Waals surface area contributed by atoms with E-state index in [0.717, 1.165) is 42.5 Å². The van der Waals surface area contributed by atoms with E-state index in [2.05, 4.69) is 17.1 Å². The number of hydrogen-bond acceptors (Lipinski definition) is 3. The predicted molar refractivity (Wildman–Crippen MR) is 100.0 cm³/mol. The molecule has 1 aliphatic rings. The third-order valence-corrected chi connectivity index (χ3v) is 4.09. The molecule has 2 aromatic carbocycles. The lowest BCUT2D eigenvalue weighted by Crippen LogP contribution is -2.40. The first-order valence-corrected chi connectivity index (χ1v) is 8.78. The van der Waals surface area contributed by atoms with Crippen LogP contribution >= 0.6 is 0 Å². The standard InChI is InChI=1S/C20H25N3O2/c1-2-21-20(23-12-11-17(24)15-23)22-14-16-7-6-10-19(13-16)25-18-8-4-3-5-9-18/h3-10,13,17,24H,2,11-12,14-15H2,1H3,(H,21,22)/t17-/m1/s1. The molecule has 2 N–H and O–H groups in total. The van der Waals surface area contributed by atoms with Gasteiger partial charge in [-0.2, -0.15) is 0 Å². The van der Waals surface area contributed by atoms with Gasteiger partial charge in [0.25, 0.3) is 0 Å². The van der Waals surface area contributed by atoms with Gasteiger partial charge in [0.1, 0.15) is 11.5 Å². The van der Waals surface area contributed by atoms with E-state index in [4.69, 9.17) is 9.73 Å². The van der Waals surface area contributed by atoms with Crippen LogP contribution in [-0.2, 0) is 6.54 Å². The van der Waals surface area contributed by atoms with Crippen molar-refractivity contribution < 1.29 is 9.84 Å². The molecule has 0 spiro atoms. The van der Waals surface area contributed by atoms with Gasteiger partial charge in [-0.25, -0.2) is 4.99 Å². The summed E-state index contributed by atoms with van der Waals surface area (Å²) in [4.78, 5) is 6.82. The van der Waals surface area contributed by atoms with E-state index in [1.165, 1.54) is 0 Å². The van der Waals surface area contributed by atoms with E-state index in [9.17, 15) is 5.11 Å². The van der Waals surface area contributed by atoms with Crippen LogP contribution in [0.5, 0.6) is 11.5 Å². The average molecular weight is 339 g/mol. The zero-order valence-corrected chi connectivity index (χ0v) is 14.6. The lowest BCUT2D eigenvalue weighted by Gasteiger charge is -2.21.